The second kappa shape index (κ2) is 6.50. The number of hydrogen-bond acceptors (Lipinski definition) is 6. The molecule has 2 heterocycles. The molecule has 1 atom stereocenters. The van der Waals surface area contributed by atoms with Crippen LogP contribution >= 0.6 is 0 Å². The monoisotopic (exact) mass is 317 g/mol. The summed E-state index contributed by atoms with van der Waals surface area (Å²) in [6.07, 6.45) is 1.27. The Kier molecular flexibility index (Phi) is 4.91. The molecule has 21 heavy (non-hydrogen) atoms. The number of ether oxygens (including phenoxy) is 1. The molecule has 0 saturated carbocycles. The minimum Gasteiger partial charge on any atom is -0.372 e. The molecular formula is C11H19N5O4S. The van der Waals surface area contributed by atoms with Gasteiger partial charge in [-0.3, -0.25) is 4.79 Å². The van der Waals surface area contributed by atoms with Crippen molar-refractivity contribution in [2.24, 2.45) is 0 Å². The number of hydrogen-bond donors (Lipinski definition) is 1. The lowest BCUT2D eigenvalue weighted by molar-refractivity contribution is -0.143. The molecule has 1 fully saturated rings. The van der Waals surface area contributed by atoms with E-state index in [1.54, 1.807) is 4.90 Å². The Morgan fingerprint density at radius 3 is 2.57 bits per heavy atom. The number of amides is 1. The van der Waals surface area contributed by atoms with Crippen LogP contribution in [0.15, 0.2) is 11.5 Å². The molecule has 1 saturated heterocycles. The van der Waals surface area contributed by atoms with Gasteiger partial charge in [-0.05, 0) is 6.42 Å². The van der Waals surface area contributed by atoms with Crippen LogP contribution in [0.2, 0.25) is 0 Å². The number of carbonyl (C=O) groups excluding carboxylic acids is 1. The normalized spacial score (nSPS) is 18.7. The summed E-state index contributed by atoms with van der Waals surface area (Å²) in [4.78, 5) is 17.5. The number of nitrogens with zero attached hydrogens (tertiary/aromatic N) is 4. The van der Waals surface area contributed by atoms with Crippen LogP contribution in [0.1, 0.15) is 13.3 Å². The molecule has 0 bridgehead atoms. The zero-order valence-corrected chi connectivity index (χ0v) is 12.8. The first-order valence-electron chi connectivity index (χ1n) is 6.67. The zero-order valence-electron chi connectivity index (χ0n) is 12.0. The lowest BCUT2D eigenvalue weighted by Crippen LogP contribution is -2.53. The summed E-state index contributed by atoms with van der Waals surface area (Å²) in [5, 5.41) is 5.73. The van der Waals surface area contributed by atoms with Gasteiger partial charge in [0.15, 0.2) is 0 Å². The molecule has 1 aromatic heterocycles. The number of aromatic nitrogens is 3. The quantitative estimate of drug-likeness (QED) is 0.751. The van der Waals surface area contributed by atoms with Crippen molar-refractivity contribution >= 4 is 15.9 Å². The molecule has 9 nitrogen and oxygen atoms in total. The Balaban J connectivity index is 1.99. The summed E-state index contributed by atoms with van der Waals surface area (Å²) in [6, 6.07) is 0. The van der Waals surface area contributed by atoms with Crippen molar-refractivity contribution in [3.05, 3.63) is 6.33 Å². The van der Waals surface area contributed by atoms with E-state index in [9.17, 15) is 13.2 Å². The average Bonchev–Trinajstić information content (AvgIpc) is 3.03. The van der Waals surface area contributed by atoms with Crippen LogP contribution in [0.5, 0.6) is 0 Å². The van der Waals surface area contributed by atoms with Gasteiger partial charge in [0.05, 0.1) is 0 Å². The second-order valence-corrected chi connectivity index (χ2v) is 6.51. The molecule has 1 aliphatic heterocycles. The summed E-state index contributed by atoms with van der Waals surface area (Å²) in [6.45, 7) is 3.01. The van der Waals surface area contributed by atoms with Crippen molar-refractivity contribution < 1.29 is 17.9 Å². The van der Waals surface area contributed by atoms with Crippen LogP contribution < -0.4 is 0 Å². The molecule has 118 valence electrons. The summed E-state index contributed by atoms with van der Waals surface area (Å²) in [7, 11) is -2.17. The third kappa shape index (κ3) is 3.22. The van der Waals surface area contributed by atoms with Crippen LogP contribution in [-0.2, 0) is 19.6 Å². The van der Waals surface area contributed by atoms with Crippen molar-refractivity contribution in [2.75, 3.05) is 33.3 Å². The number of nitrogens with one attached hydrogen (secondary N) is 1. The molecule has 2 rings (SSSR count). The van der Waals surface area contributed by atoms with Gasteiger partial charge in [0.25, 0.3) is 21.1 Å². The lowest BCUT2D eigenvalue weighted by Gasteiger charge is -2.34. The number of H-pyrrole nitrogens is 1. The van der Waals surface area contributed by atoms with Crippen molar-refractivity contribution in [2.45, 2.75) is 24.6 Å². The Hall–Kier alpha value is -1.52. The fraction of sp³-hybridized carbons (Fsp3) is 0.727. The topological polar surface area (TPSA) is 108 Å². The van der Waals surface area contributed by atoms with E-state index in [0.717, 1.165) is 6.33 Å². The number of piperazine rings is 1. The Labute approximate surface area is 123 Å². The second-order valence-electron chi connectivity index (χ2n) is 4.65. The standard InChI is InChI=1S/C11H19N5O4S/c1-3-9(20-2)10(17)15-4-6-16(7-5-15)21(18,19)11-12-8-13-14-11/h8-9H,3-7H2,1-2H3,(H,12,13,14). The van der Waals surface area contributed by atoms with Crippen LogP contribution in [-0.4, -0.2) is 78.1 Å². The van der Waals surface area contributed by atoms with Gasteiger partial charge in [-0.1, -0.05) is 6.92 Å². The predicted molar refractivity (Wildman–Crippen MR) is 72.8 cm³/mol. The zero-order chi connectivity index (χ0) is 15.5. The van der Waals surface area contributed by atoms with Crippen molar-refractivity contribution in [3.8, 4) is 0 Å². The van der Waals surface area contributed by atoms with Crippen LogP contribution in [0, 0.1) is 0 Å². The van der Waals surface area contributed by atoms with Crippen molar-refractivity contribution in [1.29, 1.82) is 0 Å². The fourth-order valence-electron chi connectivity index (χ4n) is 2.24. The first kappa shape index (κ1) is 15.9. The van der Waals surface area contributed by atoms with Gasteiger partial charge in [0.1, 0.15) is 12.4 Å². The van der Waals surface area contributed by atoms with E-state index in [-0.39, 0.29) is 24.2 Å². The number of aromatic amines is 1. The SMILES string of the molecule is CCC(OC)C(=O)N1CCN(S(=O)(=O)c2ncn[nH]2)CC1. The molecule has 0 aromatic carbocycles. The Bertz CT molecular complexity index is 561. The van der Waals surface area contributed by atoms with Gasteiger partial charge in [0.2, 0.25) is 0 Å². The molecule has 1 aliphatic rings. The molecule has 10 heteroatoms. The highest BCUT2D eigenvalue weighted by molar-refractivity contribution is 7.88. The first-order valence-corrected chi connectivity index (χ1v) is 8.11. The van der Waals surface area contributed by atoms with E-state index in [2.05, 4.69) is 15.2 Å². The van der Waals surface area contributed by atoms with Crippen molar-refractivity contribution in [3.63, 3.8) is 0 Å². The van der Waals surface area contributed by atoms with Crippen LogP contribution in [0.4, 0.5) is 0 Å². The maximum Gasteiger partial charge on any atom is 0.278 e. The molecule has 1 N–H and O–H groups in total. The number of sulfonamides is 1. The largest absolute Gasteiger partial charge is 0.372 e. The molecule has 1 unspecified atom stereocenters. The maximum absolute atomic E-state index is 12.2. The summed E-state index contributed by atoms with van der Waals surface area (Å²) in [5.74, 6) is -0.100. The average molecular weight is 317 g/mol. The van der Waals surface area contributed by atoms with E-state index in [1.165, 1.54) is 11.4 Å². The first-order chi connectivity index (χ1) is 10.0. The third-order valence-electron chi connectivity index (χ3n) is 3.46. The highest BCUT2D eigenvalue weighted by atomic mass is 32.2. The van der Waals surface area contributed by atoms with Gasteiger partial charge < -0.3 is 9.64 Å². The lowest BCUT2D eigenvalue weighted by atomic mass is 10.2. The molecule has 0 radical (unpaired) electrons. The molecule has 0 aliphatic carbocycles. The van der Waals surface area contributed by atoms with E-state index >= 15 is 0 Å². The van der Waals surface area contributed by atoms with Crippen LogP contribution in [0.3, 0.4) is 0 Å². The van der Waals surface area contributed by atoms with Gasteiger partial charge in [-0.25, -0.2) is 18.5 Å². The number of carbonyl (C=O) groups is 1. The van der Waals surface area contributed by atoms with E-state index < -0.39 is 16.1 Å². The van der Waals surface area contributed by atoms with Gasteiger partial charge in [-0.2, -0.15) is 9.40 Å². The Morgan fingerprint density at radius 2 is 2.10 bits per heavy atom. The molecule has 0 spiro atoms. The number of rotatable bonds is 5. The summed E-state index contributed by atoms with van der Waals surface area (Å²) < 4.78 is 30.9. The summed E-state index contributed by atoms with van der Waals surface area (Å²) >= 11 is 0. The van der Waals surface area contributed by atoms with E-state index in [1.807, 2.05) is 6.92 Å². The molecular weight excluding hydrogens is 298 g/mol. The maximum atomic E-state index is 12.2. The van der Waals surface area contributed by atoms with Crippen LogP contribution in [0.25, 0.3) is 0 Å². The van der Waals surface area contributed by atoms with E-state index in [0.29, 0.717) is 19.5 Å². The highest BCUT2D eigenvalue weighted by Crippen LogP contribution is 2.14. The smallest absolute Gasteiger partial charge is 0.278 e. The van der Waals surface area contributed by atoms with E-state index in [4.69, 9.17) is 4.74 Å². The number of methoxy groups -OCH3 is 1. The minimum absolute atomic E-state index is 0.100. The highest BCUT2D eigenvalue weighted by Gasteiger charge is 2.33. The minimum atomic E-state index is -3.66. The fourth-order valence-corrected chi connectivity index (χ4v) is 3.47. The van der Waals surface area contributed by atoms with Gasteiger partial charge >= 0.3 is 0 Å². The van der Waals surface area contributed by atoms with Gasteiger partial charge in [0, 0.05) is 33.3 Å². The van der Waals surface area contributed by atoms with Crippen molar-refractivity contribution in [1.82, 2.24) is 24.4 Å². The predicted octanol–water partition coefficient (Wildman–Crippen LogP) is -0.937. The van der Waals surface area contributed by atoms with Gasteiger partial charge in [-0.15, -0.1) is 0 Å². The molecule has 1 aromatic rings. The summed E-state index contributed by atoms with van der Waals surface area (Å²) in [5.41, 5.74) is 0. The Morgan fingerprint density at radius 1 is 1.43 bits per heavy atom. The third-order valence-corrected chi connectivity index (χ3v) is 5.19. The molecule has 1 amide bonds.